The molecule has 1 amide bonds. The topological polar surface area (TPSA) is 97.0 Å². The molecular weight excluding hydrogens is 391 g/mol. The predicted molar refractivity (Wildman–Crippen MR) is 103 cm³/mol. The Morgan fingerprint density at radius 2 is 1.96 bits per heavy atom. The van der Waals surface area contributed by atoms with Gasteiger partial charge in [0, 0.05) is 34.8 Å². The lowest BCUT2D eigenvalue weighted by Crippen LogP contribution is -2.25. The Kier molecular flexibility index (Phi) is 6.83. The number of carbonyl (C=O) groups excluding carboxylic acids is 1. The van der Waals surface area contributed by atoms with Gasteiger partial charge < -0.3 is 4.74 Å². The standard InChI is InChI=1S/C18H18Cl2N4O3/c1-10(2)13-6-12(23-24(3)17(13)25)7-14-15(19)8-11(9-16(14)20)22-18(26)27-5-4-21/h6,8-10H,5,7H2,1-3H3,(H,22,26). The number of nitrogens with zero attached hydrogens (tertiary/aromatic N) is 3. The van der Waals surface area contributed by atoms with Gasteiger partial charge >= 0.3 is 6.09 Å². The number of nitriles is 1. The van der Waals surface area contributed by atoms with Crippen molar-refractivity contribution < 1.29 is 9.53 Å². The van der Waals surface area contributed by atoms with Crippen molar-refractivity contribution in [2.75, 3.05) is 11.9 Å². The third-order valence-electron chi connectivity index (χ3n) is 3.78. The minimum absolute atomic E-state index is 0.0578. The molecule has 0 atom stereocenters. The number of benzene rings is 1. The maximum absolute atomic E-state index is 12.1. The molecule has 9 heteroatoms. The van der Waals surface area contributed by atoms with E-state index in [4.69, 9.17) is 28.5 Å². The monoisotopic (exact) mass is 408 g/mol. The summed E-state index contributed by atoms with van der Waals surface area (Å²) >= 11 is 12.6. The van der Waals surface area contributed by atoms with E-state index in [0.29, 0.717) is 39.0 Å². The van der Waals surface area contributed by atoms with Crippen LogP contribution in [-0.4, -0.2) is 22.5 Å². The minimum atomic E-state index is -0.780. The van der Waals surface area contributed by atoms with Crippen LogP contribution in [0.4, 0.5) is 10.5 Å². The Labute approximate surface area is 166 Å². The van der Waals surface area contributed by atoms with E-state index in [1.807, 2.05) is 13.8 Å². The molecule has 7 nitrogen and oxygen atoms in total. The summed E-state index contributed by atoms with van der Waals surface area (Å²) in [7, 11) is 1.60. The summed E-state index contributed by atoms with van der Waals surface area (Å²) in [6, 6.07) is 6.51. The summed E-state index contributed by atoms with van der Waals surface area (Å²) in [5.41, 5.74) is 2.14. The fraction of sp³-hybridized carbons (Fsp3) is 0.333. The molecule has 27 heavy (non-hydrogen) atoms. The molecule has 0 saturated carbocycles. The Hall–Kier alpha value is -2.56. The molecule has 0 unspecified atom stereocenters. The molecule has 1 aromatic heterocycles. The maximum atomic E-state index is 12.1. The molecule has 1 aromatic carbocycles. The SMILES string of the molecule is CC(C)c1cc(Cc2c(Cl)cc(NC(=O)OCC#N)cc2Cl)nn(C)c1=O. The molecule has 1 N–H and O–H groups in total. The van der Waals surface area contributed by atoms with Crippen molar-refractivity contribution >= 4 is 35.0 Å². The van der Waals surface area contributed by atoms with Crippen molar-refractivity contribution in [3.05, 3.63) is 55.4 Å². The van der Waals surface area contributed by atoms with Crippen LogP contribution in [0.15, 0.2) is 23.0 Å². The van der Waals surface area contributed by atoms with Crippen molar-refractivity contribution in [3.8, 4) is 6.07 Å². The van der Waals surface area contributed by atoms with E-state index in [9.17, 15) is 9.59 Å². The van der Waals surface area contributed by atoms with E-state index in [1.54, 1.807) is 19.2 Å². The Bertz CT molecular complexity index is 941. The molecule has 0 fully saturated rings. The van der Waals surface area contributed by atoms with Crippen LogP contribution in [0.2, 0.25) is 10.0 Å². The molecule has 2 rings (SSSR count). The molecular formula is C18H18Cl2N4O3. The first-order valence-electron chi connectivity index (χ1n) is 8.08. The average Bonchev–Trinajstić information content (AvgIpc) is 2.58. The second kappa shape index (κ2) is 8.89. The zero-order valence-corrected chi connectivity index (χ0v) is 16.6. The molecule has 0 aliphatic carbocycles. The molecule has 0 saturated heterocycles. The zero-order chi connectivity index (χ0) is 20.1. The van der Waals surface area contributed by atoms with Crippen LogP contribution >= 0.6 is 23.2 Å². The van der Waals surface area contributed by atoms with Crippen molar-refractivity contribution in [1.82, 2.24) is 9.78 Å². The lowest BCUT2D eigenvalue weighted by Gasteiger charge is -2.13. The highest BCUT2D eigenvalue weighted by molar-refractivity contribution is 6.36. The van der Waals surface area contributed by atoms with Gasteiger partial charge in [-0.25, -0.2) is 9.48 Å². The van der Waals surface area contributed by atoms with E-state index in [2.05, 4.69) is 15.2 Å². The molecule has 0 aliphatic rings. The highest BCUT2D eigenvalue weighted by atomic mass is 35.5. The number of aryl methyl sites for hydroxylation is 1. The lowest BCUT2D eigenvalue weighted by atomic mass is 10.0. The van der Waals surface area contributed by atoms with Gasteiger partial charge in [-0.2, -0.15) is 10.4 Å². The Morgan fingerprint density at radius 1 is 1.33 bits per heavy atom. The summed E-state index contributed by atoms with van der Waals surface area (Å²) in [6.07, 6.45) is -0.456. The average molecular weight is 409 g/mol. The number of aromatic nitrogens is 2. The second-order valence-electron chi connectivity index (χ2n) is 6.13. The number of amides is 1. The highest BCUT2D eigenvalue weighted by Crippen LogP contribution is 2.31. The summed E-state index contributed by atoms with van der Waals surface area (Å²) in [6.45, 7) is 3.51. The van der Waals surface area contributed by atoms with Crippen molar-refractivity contribution in [3.63, 3.8) is 0 Å². The van der Waals surface area contributed by atoms with Crippen LogP contribution in [0.25, 0.3) is 0 Å². The second-order valence-corrected chi connectivity index (χ2v) is 6.94. The smallest absolute Gasteiger partial charge is 0.412 e. The predicted octanol–water partition coefficient (Wildman–Crippen LogP) is 3.87. The number of ether oxygens (including phenoxy) is 1. The molecule has 0 spiro atoms. The normalized spacial score (nSPS) is 10.6. The molecule has 2 aromatic rings. The number of hydrogen-bond acceptors (Lipinski definition) is 5. The van der Waals surface area contributed by atoms with Crippen LogP contribution in [0, 0.1) is 11.3 Å². The van der Waals surface area contributed by atoms with Gasteiger partial charge in [-0.15, -0.1) is 0 Å². The first kappa shape index (κ1) is 20.7. The Morgan fingerprint density at radius 3 is 2.52 bits per heavy atom. The first-order chi connectivity index (χ1) is 12.7. The number of anilines is 1. The van der Waals surface area contributed by atoms with Crippen molar-refractivity contribution in [2.24, 2.45) is 7.05 Å². The van der Waals surface area contributed by atoms with Crippen molar-refractivity contribution in [1.29, 1.82) is 5.26 Å². The number of hydrogen-bond donors (Lipinski definition) is 1. The minimum Gasteiger partial charge on any atom is -0.434 e. The molecule has 0 aliphatic heterocycles. The van der Waals surface area contributed by atoms with Crippen molar-refractivity contribution in [2.45, 2.75) is 26.2 Å². The van der Waals surface area contributed by atoms with Gasteiger partial charge in [-0.3, -0.25) is 10.1 Å². The highest BCUT2D eigenvalue weighted by Gasteiger charge is 2.15. The van der Waals surface area contributed by atoms with E-state index in [0.717, 1.165) is 0 Å². The number of rotatable bonds is 5. The Balaban J connectivity index is 2.29. The molecule has 142 valence electrons. The maximum Gasteiger partial charge on any atom is 0.412 e. The number of halogens is 2. The first-order valence-corrected chi connectivity index (χ1v) is 8.84. The fourth-order valence-corrected chi connectivity index (χ4v) is 3.09. The van der Waals surface area contributed by atoms with E-state index in [-0.39, 0.29) is 18.1 Å². The van der Waals surface area contributed by atoms with Gasteiger partial charge in [-0.05, 0) is 29.7 Å². The van der Waals surface area contributed by atoms with Crippen LogP contribution < -0.4 is 10.9 Å². The van der Waals surface area contributed by atoms with Crippen LogP contribution in [0.1, 0.15) is 36.6 Å². The molecule has 1 heterocycles. The van der Waals surface area contributed by atoms with E-state index >= 15 is 0 Å². The van der Waals surface area contributed by atoms with E-state index in [1.165, 1.54) is 16.8 Å². The fourth-order valence-electron chi connectivity index (χ4n) is 2.47. The van der Waals surface area contributed by atoms with Gasteiger partial charge in [0.15, 0.2) is 6.61 Å². The van der Waals surface area contributed by atoms with Crippen LogP contribution in [0.5, 0.6) is 0 Å². The van der Waals surface area contributed by atoms with Gasteiger partial charge in [0.25, 0.3) is 5.56 Å². The van der Waals surface area contributed by atoms with Gasteiger partial charge in [0.2, 0.25) is 0 Å². The van der Waals surface area contributed by atoms with Crippen LogP contribution in [-0.2, 0) is 18.2 Å². The molecule has 0 radical (unpaired) electrons. The van der Waals surface area contributed by atoms with Crippen LogP contribution in [0.3, 0.4) is 0 Å². The summed E-state index contributed by atoms with van der Waals surface area (Å²) < 4.78 is 5.92. The third kappa shape index (κ3) is 5.22. The third-order valence-corrected chi connectivity index (χ3v) is 4.45. The summed E-state index contributed by atoms with van der Waals surface area (Å²) in [4.78, 5) is 23.7. The summed E-state index contributed by atoms with van der Waals surface area (Å²) in [5.74, 6) is 0.0578. The summed E-state index contributed by atoms with van der Waals surface area (Å²) in [5, 5.41) is 15.8. The quantitative estimate of drug-likeness (QED) is 0.809. The van der Waals surface area contributed by atoms with E-state index < -0.39 is 6.09 Å². The lowest BCUT2D eigenvalue weighted by molar-refractivity contribution is 0.175. The number of carbonyl (C=O) groups is 1. The zero-order valence-electron chi connectivity index (χ0n) is 15.0. The van der Waals surface area contributed by atoms with Gasteiger partial charge in [0.1, 0.15) is 6.07 Å². The molecule has 0 bridgehead atoms. The largest absolute Gasteiger partial charge is 0.434 e. The van der Waals surface area contributed by atoms with Gasteiger partial charge in [-0.1, -0.05) is 37.0 Å². The van der Waals surface area contributed by atoms with Gasteiger partial charge in [0.05, 0.1) is 5.69 Å². The number of nitrogens with one attached hydrogen (secondary N) is 1.